The molecule has 0 aliphatic carbocycles. The van der Waals surface area contributed by atoms with Gasteiger partial charge >= 0.3 is 0 Å². The first-order valence-corrected chi connectivity index (χ1v) is 11.9. The number of benzene rings is 2. The van der Waals surface area contributed by atoms with Gasteiger partial charge in [0.15, 0.2) is 5.13 Å². The van der Waals surface area contributed by atoms with Crippen LogP contribution in [0.2, 0.25) is 5.02 Å². The quantitative estimate of drug-likeness (QED) is 0.644. The Kier molecular flexibility index (Phi) is 5.61. The number of anilines is 1. The lowest BCUT2D eigenvalue weighted by Crippen LogP contribution is -2.41. The molecule has 6 nitrogen and oxygen atoms in total. The first-order valence-electron chi connectivity index (χ1n) is 9.27. The largest absolute Gasteiger partial charge is 0.302 e. The summed E-state index contributed by atoms with van der Waals surface area (Å²) < 4.78 is 28.0. The lowest BCUT2D eigenvalue weighted by Gasteiger charge is -2.30. The van der Waals surface area contributed by atoms with Crippen LogP contribution in [-0.2, 0) is 14.8 Å². The molecule has 1 amide bonds. The highest BCUT2D eigenvalue weighted by atomic mass is 35.5. The molecule has 1 N–H and O–H groups in total. The van der Waals surface area contributed by atoms with E-state index >= 15 is 0 Å². The molecule has 1 aliphatic rings. The Balaban J connectivity index is 1.39. The Hall–Kier alpha value is -2.00. The maximum absolute atomic E-state index is 12.8. The Labute approximate surface area is 178 Å². The molecule has 0 spiro atoms. The van der Waals surface area contributed by atoms with Crippen LogP contribution in [0.5, 0.6) is 0 Å². The molecule has 9 heteroatoms. The van der Waals surface area contributed by atoms with Crippen LogP contribution in [0.15, 0.2) is 47.4 Å². The van der Waals surface area contributed by atoms with E-state index in [1.165, 1.54) is 27.8 Å². The number of piperidine rings is 1. The van der Waals surface area contributed by atoms with Gasteiger partial charge in [0.1, 0.15) is 0 Å². The Morgan fingerprint density at radius 1 is 1.17 bits per heavy atom. The van der Waals surface area contributed by atoms with E-state index in [-0.39, 0.29) is 16.7 Å². The summed E-state index contributed by atoms with van der Waals surface area (Å²) in [6.07, 6.45) is 0.950. The molecular weight excluding hydrogens is 430 g/mol. The zero-order valence-corrected chi connectivity index (χ0v) is 18.1. The summed E-state index contributed by atoms with van der Waals surface area (Å²) in [5.41, 5.74) is 2.01. The van der Waals surface area contributed by atoms with Crippen molar-refractivity contribution in [2.75, 3.05) is 18.4 Å². The van der Waals surface area contributed by atoms with Crippen molar-refractivity contribution >= 4 is 54.2 Å². The number of nitrogens with one attached hydrogen (secondary N) is 1. The molecule has 4 rings (SSSR count). The van der Waals surface area contributed by atoms with Crippen LogP contribution in [0.1, 0.15) is 18.4 Å². The van der Waals surface area contributed by atoms with Gasteiger partial charge in [0.2, 0.25) is 15.9 Å². The van der Waals surface area contributed by atoms with Crippen LogP contribution in [-0.4, -0.2) is 36.7 Å². The van der Waals surface area contributed by atoms with Gasteiger partial charge in [0.25, 0.3) is 0 Å². The van der Waals surface area contributed by atoms with Gasteiger partial charge in [-0.3, -0.25) is 4.79 Å². The first kappa shape index (κ1) is 20.3. The zero-order chi connectivity index (χ0) is 20.6. The third kappa shape index (κ3) is 4.30. The van der Waals surface area contributed by atoms with E-state index in [4.69, 9.17) is 11.6 Å². The number of hydrogen-bond donors (Lipinski definition) is 1. The third-order valence-electron chi connectivity index (χ3n) is 5.05. The molecular formula is C20H20ClN3O3S2. The standard InChI is InChI=1S/C20H20ClN3O3S2/c1-13-2-7-17-18(12-13)28-20(22-17)23-19(25)14-8-10-24(11-9-14)29(26,27)16-5-3-15(21)4-6-16/h2-7,12,14H,8-11H2,1H3,(H,22,23,25). The minimum Gasteiger partial charge on any atom is -0.302 e. The molecule has 1 aromatic heterocycles. The zero-order valence-electron chi connectivity index (χ0n) is 15.8. The summed E-state index contributed by atoms with van der Waals surface area (Å²) in [7, 11) is -3.58. The van der Waals surface area contributed by atoms with Crippen LogP contribution in [0.25, 0.3) is 10.2 Å². The van der Waals surface area contributed by atoms with E-state index in [0.717, 1.165) is 15.8 Å². The number of hydrogen-bond acceptors (Lipinski definition) is 5. The van der Waals surface area contributed by atoms with E-state index in [9.17, 15) is 13.2 Å². The van der Waals surface area contributed by atoms with Gasteiger partial charge in [0.05, 0.1) is 15.1 Å². The molecule has 1 aliphatic heterocycles. The smallest absolute Gasteiger partial charge is 0.243 e. The second kappa shape index (κ2) is 8.02. The number of fused-ring (bicyclic) bond motifs is 1. The van der Waals surface area contributed by atoms with E-state index in [2.05, 4.69) is 10.3 Å². The van der Waals surface area contributed by atoms with Crippen molar-refractivity contribution in [1.82, 2.24) is 9.29 Å². The lowest BCUT2D eigenvalue weighted by atomic mass is 9.97. The van der Waals surface area contributed by atoms with Crippen LogP contribution >= 0.6 is 22.9 Å². The molecule has 0 unspecified atom stereocenters. The van der Waals surface area contributed by atoms with Gasteiger partial charge in [0, 0.05) is 24.0 Å². The van der Waals surface area contributed by atoms with Crippen molar-refractivity contribution in [1.29, 1.82) is 0 Å². The Bertz CT molecular complexity index is 1150. The number of carbonyl (C=O) groups excluding carboxylic acids is 1. The van der Waals surface area contributed by atoms with Crippen molar-refractivity contribution in [2.45, 2.75) is 24.7 Å². The third-order valence-corrected chi connectivity index (χ3v) is 8.15. The fraction of sp³-hybridized carbons (Fsp3) is 0.300. The molecule has 0 bridgehead atoms. The number of rotatable bonds is 4. The summed E-state index contributed by atoms with van der Waals surface area (Å²) in [5, 5.41) is 3.96. The van der Waals surface area contributed by atoms with Gasteiger partial charge in [-0.15, -0.1) is 0 Å². The number of amides is 1. The highest BCUT2D eigenvalue weighted by Crippen LogP contribution is 2.29. The van der Waals surface area contributed by atoms with Crippen LogP contribution in [0, 0.1) is 12.8 Å². The molecule has 3 aromatic rings. The maximum atomic E-state index is 12.8. The van der Waals surface area contributed by atoms with Crippen LogP contribution in [0.4, 0.5) is 5.13 Å². The fourth-order valence-electron chi connectivity index (χ4n) is 3.41. The molecule has 29 heavy (non-hydrogen) atoms. The highest BCUT2D eigenvalue weighted by molar-refractivity contribution is 7.89. The van der Waals surface area contributed by atoms with Crippen molar-refractivity contribution < 1.29 is 13.2 Å². The molecule has 1 fully saturated rings. The summed E-state index contributed by atoms with van der Waals surface area (Å²) in [6, 6.07) is 12.1. The minimum atomic E-state index is -3.58. The van der Waals surface area contributed by atoms with Crippen molar-refractivity contribution in [3.63, 3.8) is 0 Å². The number of thiazole rings is 1. The predicted molar refractivity (Wildman–Crippen MR) is 116 cm³/mol. The molecule has 1 saturated heterocycles. The number of aromatic nitrogens is 1. The lowest BCUT2D eigenvalue weighted by molar-refractivity contribution is -0.120. The molecule has 152 valence electrons. The summed E-state index contributed by atoms with van der Waals surface area (Å²) in [4.78, 5) is 17.3. The SMILES string of the molecule is Cc1ccc2nc(NC(=O)C3CCN(S(=O)(=O)c4ccc(Cl)cc4)CC3)sc2c1. The Morgan fingerprint density at radius 2 is 1.86 bits per heavy atom. The normalized spacial score (nSPS) is 16.2. The van der Waals surface area contributed by atoms with E-state index in [1.54, 1.807) is 12.1 Å². The summed E-state index contributed by atoms with van der Waals surface area (Å²) >= 11 is 7.29. The monoisotopic (exact) mass is 449 g/mol. The number of sulfonamides is 1. The fourth-order valence-corrected chi connectivity index (χ4v) is 5.97. The average Bonchev–Trinajstić information content (AvgIpc) is 3.09. The number of nitrogens with zero attached hydrogens (tertiary/aromatic N) is 2. The van der Waals surface area contributed by atoms with Gasteiger partial charge in [-0.25, -0.2) is 13.4 Å². The first-order chi connectivity index (χ1) is 13.8. The number of aryl methyl sites for hydroxylation is 1. The maximum Gasteiger partial charge on any atom is 0.243 e. The van der Waals surface area contributed by atoms with E-state index in [1.807, 2.05) is 25.1 Å². The van der Waals surface area contributed by atoms with E-state index < -0.39 is 10.0 Å². The number of carbonyl (C=O) groups is 1. The molecule has 0 radical (unpaired) electrons. The van der Waals surface area contributed by atoms with Gasteiger partial charge in [-0.05, 0) is 61.7 Å². The van der Waals surface area contributed by atoms with Gasteiger partial charge in [-0.1, -0.05) is 29.0 Å². The van der Waals surface area contributed by atoms with Crippen LogP contribution < -0.4 is 5.32 Å². The molecule has 2 aromatic carbocycles. The highest BCUT2D eigenvalue weighted by Gasteiger charge is 2.32. The van der Waals surface area contributed by atoms with Crippen molar-refractivity contribution in [2.24, 2.45) is 5.92 Å². The summed E-state index contributed by atoms with van der Waals surface area (Å²) in [5.74, 6) is -0.343. The second-order valence-electron chi connectivity index (χ2n) is 7.11. The van der Waals surface area contributed by atoms with Gasteiger partial charge in [-0.2, -0.15) is 4.31 Å². The van der Waals surface area contributed by atoms with Crippen molar-refractivity contribution in [3.8, 4) is 0 Å². The number of halogens is 1. The molecule has 0 atom stereocenters. The minimum absolute atomic E-state index is 0.107. The topological polar surface area (TPSA) is 79.4 Å². The molecule has 0 saturated carbocycles. The Morgan fingerprint density at radius 3 is 2.55 bits per heavy atom. The second-order valence-corrected chi connectivity index (χ2v) is 10.5. The predicted octanol–water partition coefficient (Wildman–Crippen LogP) is 4.30. The van der Waals surface area contributed by atoms with Crippen LogP contribution in [0.3, 0.4) is 0 Å². The van der Waals surface area contributed by atoms with Gasteiger partial charge < -0.3 is 5.32 Å². The summed E-state index contributed by atoms with van der Waals surface area (Å²) in [6.45, 7) is 2.63. The van der Waals surface area contributed by atoms with E-state index in [0.29, 0.717) is 36.1 Å². The van der Waals surface area contributed by atoms with Crippen molar-refractivity contribution in [3.05, 3.63) is 53.1 Å². The average molecular weight is 450 g/mol. The molecule has 2 heterocycles.